The number of anilines is 1. The smallest absolute Gasteiger partial charge is 0.148 e. The Labute approximate surface area is 107 Å². The summed E-state index contributed by atoms with van der Waals surface area (Å²) >= 11 is 0. The molecule has 0 saturated carbocycles. The number of rotatable bonds is 6. The average Bonchev–Trinajstić information content (AvgIpc) is 2.45. The van der Waals surface area contributed by atoms with Gasteiger partial charge in [-0.3, -0.25) is 4.98 Å². The molecule has 0 spiro atoms. The Kier molecular flexibility index (Phi) is 4.60. The Hall–Kier alpha value is -2.01. The summed E-state index contributed by atoms with van der Waals surface area (Å²) in [6.07, 6.45) is 4.56. The van der Waals surface area contributed by atoms with Gasteiger partial charge in [-0.2, -0.15) is 0 Å². The number of aromatic nitrogens is 3. The lowest BCUT2D eigenvalue weighted by atomic mass is 10.2. The van der Waals surface area contributed by atoms with Crippen LogP contribution < -0.4 is 10.6 Å². The van der Waals surface area contributed by atoms with Crippen LogP contribution in [-0.2, 0) is 0 Å². The fraction of sp³-hybridized carbons (Fsp3) is 0.308. The summed E-state index contributed by atoms with van der Waals surface area (Å²) in [6.45, 7) is 1.89. The molecule has 94 valence electrons. The lowest BCUT2D eigenvalue weighted by molar-refractivity contribution is 0.746. The van der Waals surface area contributed by atoms with Crippen molar-refractivity contribution in [1.29, 1.82) is 0 Å². The highest BCUT2D eigenvalue weighted by atomic mass is 15.2. The van der Waals surface area contributed by atoms with Crippen molar-refractivity contribution in [3.63, 3.8) is 0 Å². The van der Waals surface area contributed by atoms with Crippen LogP contribution in [-0.4, -0.2) is 35.3 Å². The molecule has 2 rings (SSSR count). The first-order valence-corrected chi connectivity index (χ1v) is 6.03. The molecule has 0 aliphatic heterocycles. The highest BCUT2D eigenvalue weighted by molar-refractivity contribution is 5.58. The Bertz CT molecular complexity index is 455. The van der Waals surface area contributed by atoms with Crippen molar-refractivity contribution in [3.05, 3.63) is 36.7 Å². The Balaban J connectivity index is 1.94. The molecular weight excluding hydrogens is 226 g/mol. The molecule has 0 atom stereocenters. The average molecular weight is 243 g/mol. The summed E-state index contributed by atoms with van der Waals surface area (Å²) in [5, 5.41) is 14.7. The first kappa shape index (κ1) is 12.4. The predicted octanol–water partition coefficient (Wildman–Crippen LogP) is 1.56. The molecule has 0 fully saturated rings. The van der Waals surface area contributed by atoms with Crippen LogP contribution >= 0.6 is 0 Å². The highest BCUT2D eigenvalue weighted by Crippen LogP contribution is 2.15. The minimum atomic E-state index is 0.809. The molecule has 0 aromatic carbocycles. The van der Waals surface area contributed by atoms with Crippen molar-refractivity contribution >= 4 is 5.82 Å². The second kappa shape index (κ2) is 6.66. The molecule has 0 unspecified atom stereocenters. The van der Waals surface area contributed by atoms with E-state index in [0.29, 0.717) is 0 Å². The van der Waals surface area contributed by atoms with Crippen molar-refractivity contribution in [2.45, 2.75) is 6.42 Å². The van der Waals surface area contributed by atoms with E-state index in [1.807, 2.05) is 31.3 Å². The monoisotopic (exact) mass is 243 g/mol. The second-order valence-corrected chi connectivity index (χ2v) is 3.92. The van der Waals surface area contributed by atoms with E-state index in [2.05, 4.69) is 25.8 Å². The zero-order valence-corrected chi connectivity index (χ0v) is 10.4. The number of hydrogen-bond donors (Lipinski definition) is 2. The van der Waals surface area contributed by atoms with E-state index < -0.39 is 0 Å². The molecule has 0 bridgehead atoms. The minimum Gasteiger partial charge on any atom is -0.369 e. The molecule has 5 nitrogen and oxygen atoms in total. The van der Waals surface area contributed by atoms with Gasteiger partial charge in [0.2, 0.25) is 0 Å². The third kappa shape index (κ3) is 3.49. The molecule has 2 heterocycles. The van der Waals surface area contributed by atoms with Crippen molar-refractivity contribution in [3.8, 4) is 11.3 Å². The summed E-state index contributed by atoms with van der Waals surface area (Å²) in [4.78, 5) is 3.98. The third-order valence-corrected chi connectivity index (χ3v) is 2.55. The van der Waals surface area contributed by atoms with Gasteiger partial charge in [0, 0.05) is 24.5 Å². The number of nitrogens with zero attached hydrogens (tertiary/aromatic N) is 3. The number of pyridine rings is 1. The van der Waals surface area contributed by atoms with E-state index in [-0.39, 0.29) is 0 Å². The van der Waals surface area contributed by atoms with E-state index in [1.165, 1.54) is 0 Å². The van der Waals surface area contributed by atoms with Crippen molar-refractivity contribution in [2.75, 3.05) is 25.5 Å². The summed E-state index contributed by atoms with van der Waals surface area (Å²) < 4.78 is 0. The largest absolute Gasteiger partial charge is 0.369 e. The van der Waals surface area contributed by atoms with Gasteiger partial charge in [-0.25, -0.2) is 0 Å². The lowest BCUT2D eigenvalue weighted by Gasteiger charge is -2.05. The van der Waals surface area contributed by atoms with E-state index >= 15 is 0 Å². The molecule has 5 heteroatoms. The van der Waals surface area contributed by atoms with Crippen molar-refractivity contribution in [2.24, 2.45) is 0 Å². The Morgan fingerprint density at radius 2 is 1.83 bits per heavy atom. The van der Waals surface area contributed by atoms with Gasteiger partial charge in [0.15, 0.2) is 0 Å². The fourth-order valence-corrected chi connectivity index (χ4v) is 1.58. The van der Waals surface area contributed by atoms with Gasteiger partial charge in [0.1, 0.15) is 5.82 Å². The summed E-state index contributed by atoms with van der Waals surface area (Å²) in [6, 6.07) is 7.75. The predicted molar refractivity (Wildman–Crippen MR) is 72.3 cm³/mol. The van der Waals surface area contributed by atoms with Gasteiger partial charge >= 0.3 is 0 Å². The van der Waals surface area contributed by atoms with Crippen molar-refractivity contribution in [1.82, 2.24) is 20.5 Å². The van der Waals surface area contributed by atoms with Gasteiger partial charge in [-0.05, 0) is 44.3 Å². The van der Waals surface area contributed by atoms with Crippen LogP contribution in [0.25, 0.3) is 11.3 Å². The molecule has 2 aromatic rings. The van der Waals surface area contributed by atoms with Crippen LogP contribution in [0.3, 0.4) is 0 Å². The maximum absolute atomic E-state index is 4.19. The van der Waals surface area contributed by atoms with Gasteiger partial charge in [0.25, 0.3) is 0 Å². The van der Waals surface area contributed by atoms with Crippen LogP contribution in [0.15, 0.2) is 36.7 Å². The molecule has 18 heavy (non-hydrogen) atoms. The van der Waals surface area contributed by atoms with E-state index in [9.17, 15) is 0 Å². The Morgan fingerprint density at radius 3 is 2.50 bits per heavy atom. The molecule has 0 radical (unpaired) electrons. The van der Waals surface area contributed by atoms with Crippen LogP contribution in [0.4, 0.5) is 5.82 Å². The molecule has 2 N–H and O–H groups in total. The van der Waals surface area contributed by atoms with Gasteiger partial charge in [-0.1, -0.05) is 0 Å². The normalized spacial score (nSPS) is 10.3. The fourth-order valence-electron chi connectivity index (χ4n) is 1.58. The zero-order valence-electron chi connectivity index (χ0n) is 10.4. The van der Waals surface area contributed by atoms with E-state index in [1.54, 1.807) is 12.4 Å². The maximum atomic E-state index is 4.19. The minimum absolute atomic E-state index is 0.809. The van der Waals surface area contributed by atoms with Crippen LogP contribution in [0.2, 0.25) is 0 Å². The van der Waals surface area contributed by atoms with Crippen LogP contribution in [0, 0.1) is 0 Å². The zero-order chi connectivity index (χ0) is 12.6. The van der Waals surface area contributed by atoms with E-state index in [0.717, 1.165) is 36.6 Å². The number of hydrogen-bond acceptors (Lipinski definition) is 5. The molecule has 0 amide bonds. The molecule has 0 aliphatic rings. The highest BCUT2D eigenvalue weighted by Gasteiger charge is 1.99. The molecule has 0 saturated heterocycles. The summed E-state index contributed by atoms with van der Waals surface area (Å²) in [5.74, 6) is 0.809. The van der Waals surface area contributed by atoms with Crippen LogP contribution in [0.5, 0.6) is 0 Å². The molecule has 0 aliphatic carbocycles. The maximum Gasteiger partial charge on any atom is 0.148 e. The molecule has 2 aromatic heterocycles. The summed E-state index contributed by atoms with van der Waals surface area (Å²) in [7, 11) is 1.95. The van der Waals surface area contributed by atoms with E-state index in [4.69, 9.17) is 0 Å². The van der Waals surface area contributed by atoms with Gasteiger partial charge in [-0.15, -0.1) is 10.2 Å². The summed E-state index contributed by atoms with van der Waals surface area (Å²) in [5.41, 5.74) is 1.89. The molecular formula is C13H17N5. The first-order valence-electron chi connectivity index (χ1n) is 6.03. The SMILES string of the molecule is CNCCCNc1ccc(-c2ccncc2)nn1. The Morgan fingerprint density at radius 1 is 1.00 bits per heavy atom. The van der Waals surface area contributed by atoms with Crippen molar-refractivity contribution < 1.29 is 0 Å². The quantitative estimate of drug-likeness (QED) is 0.754. The first-order chi connectivity index (χ1) is 8.90. The van der Waals surface area contributed by atoms with Gasteiger partial charge < -0.3 is 10.6 Å². The lowest BCUT2D eigenvalue weighted by Crippen LogP contribution is -2.13. The standard InChI is InChI=1S/C13H17N5/c1-14-7-2-8-16-13-4-3-12(17-18-13)11-5-9-15-10-6-11/h3-6,9-10,14H,2,7-8H2,1H3,(H,16,18). The third-order valence-electron chi connectivity index (χ3n) is 2.55. The van der Waals surface area contributed by atoms with Crippen LogP contribution in [0.1, 0.15) is 6.42 Å². The van der Waals surface area contributed by atoms with Gasteiger partial charge in [0.05, 0.1) is 5.69 Å². The topological polar surface area (TPSA) is 62.7 Å². The second-order valence-electron chi connectivity index (χ2n) is 3.92. The number of nitrogens with one attached hydrogen (secondary N) is 2.